The molecular formula is C22H26N4O3. The van der Waals surface area contributed by atoms with Crippen molar-refractivity contribution in [1.29, 1.82) is 0 Å². The Balaban J connectivity index is 1.41. The van der Waals surface area contributed by atoms with Gasteiger partial charge in [0.1, 0.15) is 11.3 Å². The maximum atomic E-state index is 13.2. The van der Waals surface area contributed by atoms with E-state index in [-0.39, 0.29) is 18.5 Å². The standard InChI is InChI=1S/C22H26N4O3/c1-17(13-19-6-4-12-29-19)15-25-10-7-22(8-11-25)20(27)26(21(28)24(22)2)16-18-5-3-9-23-14-18/h3-6,9,12-14H,7-8,10-11,15-16H2,1-2H3. The molecule has 4 rings (SSSR count). The number of imide groups is 1. The summed E-state index contributed by atoms with van der Waals surface area (Å²) in [4.78, 5) is 35.5. The summed E-state index contributed by atoms with van der Waals surface area (Å²) in [5, 5.41) is 0. The number of hydrogen-bond donors (Lipinski definition) is 0. The second kappa shape index (κ2) is 7.83. The number of pyridine rings is 1. The minimum absolute atomic E-state index is 0.0867. The predicted molar refractivity (Wildman–Crippen MR) is 109 cm³/mol. The van der Waals surface area contributed by atoms with E-state index in [1.165, 1.54) is 10.5 Å². The molecule has 2 aromatic rings. The van der Waals surface area contributed by atoms with Crippen LogP contribution in [0.15, 0.2) is 52.9 Å². The fraction of sp³-hybridized carbons (Fsp3) is 0.409. The number of amides is 3. The van der Waals surface area contributed by atoms with E-state index in [0.717, 1.165) is 31.0 Å². The van der Waals surface area contributed by atoms with Gasteiger partial charge in [-0.3, -0.25) is 19.6 Å². The minimum atomic E-state index is -0.728. The highest BCUT2D eigenvalue weighted by atomic mass is 16.3. The van der Waals surface area contributed by atoms with Crippen molar-refractivity contribution in [2.75, 3.05) is 26.7 Å². The van der Waals surface area contributed by atoms with Crippen LogP contribution in [0.2, 0.25) is 0 Å². The van der Waals surface area contributed by atoms with Crippen LogP contribution in [0.5, 0.6) is 0 Å². The predicted octanol–water partition coefficient (Wildman–Crippen LogP) is 3.01. The van der Waals surface area contributed by atoms with E-state index in [1.54, 1.807) is 30.6 Å². The SMILES string of the molecule is CC(=Cc1ccco1)CN1CCC2(CC1)C(=O)N(Cc1cccnc1)C(=O)N2C. The molecule has 1 spiro atoms. The zero-order chi connectivity index (χ0) is 20.4. The number of hydrogen-bond acceptors (Lipinski definition) is 5. The van der Waals surface area contributed by atoms with Crippen LogP contribution >= 0.6 is 0 Å². The monoisotopic (exact) mass is 394 g/mol. The number of carbonyl (C=O) groups is 2. The Morgan fingerprint density at radius 2 is 2.03 bits per heavy atom. The molecule has 0 bridgehead atoms. The molecule has 2 fully saturated rings. The highest BCUT2D eigenvalue weighted by Gasteiger charge is 2.56. The molecule has 2 saturated heterocycles. The normalized spacial score (nSPS) is 20.1. The molecular weight excluding hydrogens is 368 g/mol. The van der Waals surface area contributed by atoms with Crippen molar-refractivity contribution in [2.45, 2.75) is 31.8 Å². The van der Waals surface area contributed by atoms with Gasteiger partial charge in [0.25, 0.3) is 5.91 Å². The van der Waals surface area contributed by atoms with E-state index >= 15 is 0 Å². The second-order valence-electron chi connectivity index (χ2n) is 7.91. The number of carbonyl (C=O) groups excluding carboxylic acids is 2. The molecule has 0 radical (unpaired) electrons. The first-order valence-electron chi connectivity index (χ1n) is 9.91. The number of piperidine rings is 1. The number of likely N-dealkylation sites (tertiary alicyclic amines) is 1. The Hall–Kier alpha value is -2.93. The smallest absolute Gasteiger partial charge is 0.327 e. The summed E-state index contributed by atoms with van der Waals surface area (Å²) in [5.74, 6) is 0.759. The molecule has 2 aliphatic heterocycles. The molecule has 4 heterocycles. The first-order valence-corrected chi connectivity index (χ1v) is 9.91. The first kappa shape index (κ1) is 19.4. The first-order chi connectivity index (χ1) is 14.0. The molecule has 2 aromatic heterocycles. The fourth-order valence-corrected chi connectivity index (χ4v) is 4.30. The number of rotatable bonds is 5. The summed E-state index contributed by atoms with van der Waals surface area (Å²) in [6.07, 6.45) is 8.37. The Morgan fingerprint density at radius 3 is 2.69 bits per heavy atom. The minimum Gasteiger partial charge on any atom is -0.465 e. The summed E-state index contributed by atoms with van der Waals surface area (Å²) < 4.78 is 5.38. The van der Waals surface area contributed by atoms with Crippen LogP contribution in [0, 0.1) is 0 Å². The third kappa shape index (κ3) is 3.70. The number of likely N-dealkylation sites (N-methyl/N-ethyl adjacent to an activating group) is 1. The second-order valence-corrected chi connectivity index (χ2v) is 7.91. The molecule has 0 unspecified atom stereocenters. The van der Waals surface area contributed by atoms with E-state index in [4.69, 9.17) is 4.42 Å². The van der Waals surface area contributed by atoms with Crippen LogP contribution in [0.1, 0.15) is 31.1 Å². The topological polar surface area (TPSA) is 69.9 Å². The maximum absolute atomic E-state index is 13.2. The van der Waals surface area contributed by atoms with Crippen molar-refractivity contribution >= 4 is 18.0 Å². The summed E-state index contributed by atoms with van der Waals surface area (Å²) in [6, 6.07) is 7.29. The lowest BCUT2D eigenvalue weighted by Gasteiger charge is -2.40. The third-order valence-electron chi connectivity index (χ3n) is 5.95. The van der Waals surface area contributed by atoms with E-state index in [9.17, 15) is 9.59 Å². The lowest BCUT2D eigenvalue weighted by atomic mass is 9.86. The van der Waals surface area contributed by atoms with Crippen molar-refractivity contribution in [3.63, 3.8) is 0 Å². The van der Waals surface area contributed by atoms with E-state index in [2.05, 4.69) is 16.8 Å². The lowest BCUT2D eigenvalue weighted by Crippen LogP contribution is -2.55. The van der Waals surface area contributed by atoms with Crippen LogP contribution in [-0.2, 0) is 11.3 Å². The number of urea groups is 1. The summed E-state index contributed by atoms with van der Waals surface area (Å²) >= 11 is 0. The highest BCUT2D eigenvalue weighted by Crippen LogP contribution is 2.37. The Morgan fingerprint density at radius 1 is 1.24 bits per heavy atom. The lowest BCUT2D eigenvalue weighted by molar-refractivity contribution is -0.135. The van der Waals surface area contributed by atoms with Crippen molar-refractivity contribution in [3.8, 4) is 0 Å². The fourth-order valence-electron chi connectivity index (χ4n) is 4.30. The van der Waals surface area contributed by atoms with Crippen LogP contribution in [-0.4, -0.2) is 63.8 Å². The molecule has 0 N–H and O–H groups in total. The van der Waals surface area contributed by atoms with Gasteiger partial charge in [-0.2, -0.15) is 0 Å². The zero-order valence-corrected chi connectivity index (χ0v) is 16.9. The van der Waals surface area contributed by atoms with Crippen molar-refractivity contribution in [1.82, 2.24) is 19.7 Å². The van der Waals surface area contributed by atoms with Crippen LogP contribution in [0.3, 0.4) is 0 Å². The van der Waals surface area contributed by atoms with Gasteiger partial charge in [-0.15, -0.1) is 0 Å². The quantitative estimate of drug-likeness (QED) is 0.729. The zero-order valence-electron chi connectivity index (χ0n) is 16.9. The van der Waals surface area contributed by atoms with Gasteiger partial charge in [0, 0.05) is 39.1 Å². The third-order valence-corrected chi connectivity index (χ3v) is 5.95. The molecule has 3 amide bonds. The summed E-state index contributed by atoms with van der Waals surface area (Å²) in [7, 11) is 1.75. The van der Waals surface area contributed by atoms with Crippen molar-refractivity contribution < 1.29 is 14.0 Å². The van der Waals surface area contributed by atoms with Gasteiger partial charge in [-0.25, -0.2) is 4.79 Å². The van der Waals surface area contributed by atoms with Crippen LogP contribution in [0.4, 0.5) is 4.79 Å². The number of aromatic nitrogens is 1. The highest BCUT2D eigenvalue weighted by molar-refractivity contribution is 6.06. The molecule has 7 nitrogen and oxygen atoms in total. The average Bonchev–Trinajstić information content (AvgIpc) is 3.29. The molecule has 0 atom stereocenters. The molecule has 2 aliphatic rings. The van der Waals surface area contributed by atoms with E-state index in [0.29, 0.717) is 12.8 Å². The van der Waals surface area contributed by atoms with Crippen molar-refractivity contribution in [3.05, 3.63) is 59.8 Å². The molecule has 152 valence electrons. The van der Waals surface area contributed by atoms with Gasteiger partial charge >= 0.3 is 6.03 Å². The molecule has 29 heavy (non-hydrogen) atoms. The van der Waals surface area contributed by atoms with Crippen LogP contribution < -0.4 is 0 Å². The molecule has 0 saturated carbocycles. The van der Waals surface area contributed by atoms with E-state index < -0.39 is 5.54 Å². The van der Waals surface area contributed by atoms with Gasteiger partial charge in [0.15, 0.2) is 0 Å². The van der Waals surface area contributed by atoms with Gasteiger partial charge in [-0.1, -0.05) is 11.6 Å². The maximum Gasteiger partial charge on any atom is 0.327 e. The van der Waals surface area contributed by atoms with E-state index in [1.807, 2.05) is 30.3 Å². The molecule has 0 aromatic carbocycles. The molecule has 7 heteroatoms. The van der Waals surface area contributed by atoms with Gasteiger partial charge in [0.05, 0.1) is 12.8 Å². The summed E-state index contributed by atoms with van der Waals surface area (Å²) in [5.41, 5.74) is 1.33. The van der Waals surface area contributed by atoms with Gasteiger partial charge < -0.3 is 9.32 Å². The van der Waals surface area contributed by atoms with Crippen molar-refractivity contribution in [2.24, 2.45) is 0 Å². The van der Waals surface area contributed by atoms with Crippen LogP contribution in [0.25, 0.3) is 6.08 Å². The number of furan rings is 1. The van der Waals surface area contributed by atoms with Gasteiger partial charge in [-0.05, 0) is 49.6 Å². The number of nitrogens with zero attached hydrogens (tertiary/aromatic N) is 4. The average molecular weight is 394 g/mol. The Kier molecular flexibility index (Phi) is 5.24. The Bertz CT molecular complexity index is 899. The largest absolute Gasteiger partial charge is 0.465 e. The van der Waals surface area contributed by atoms with Gasteiger partial charge in [0.2, 0.25) is 0 Å². The molecule has 0 aliphatic carbocycles. The summed E-state index contributed by atoms with van der Waals surface area (Å²) in [6.45, 7) is 4.72. The Labute approximate surface area is 170 Å².